The van der Waals surface area contributed by atoms with Crippen molar-refractivity contribution in [2.24, 2.45) is 0 Å². The quantitative estimate of drug-likeness (QED) is 0.117. The average molecular weight is 394 g/mol. The molecule has 168 valence electrons. The van der Waals surface area contributed by atoms with Crippen molar-refractivity contribution >= 4 is 0 Å². The zero-order valence-corrected chi connectivity index (χ0v) is 20.0. The van der Waals surface area contributed by atoms with E-state index < -0.39 is 0 Å². The van der Waals surface area contributed by atoms with Gasteiger partial charge in [-0.3, -0.25) is 0 Å². The normalized spacial score (nSPS) is 11.4. The molecule has 0 unspecified atom stereocenters. The lowest BCUT2D eigenvalue weighted by Crippen LogP contribution is -2.12. The zero-order valence-electron chi connectivity index (χ0n) is 20.0. The van der Waals surface area contributed by atoms with Gasteiger partial charge in [0.05, 0.1) is 0 Å². The third-order valence-corrected chi connectivity index (χ3v) is 6.01. The van der Waals surface area contributed by atoms with Crippen LogP contribution in [0.3, 0.4) is 0 Å². The molecule has 0 saturated carbocycles. The first kappa shape index (κ1) is 27.7. The molecule has 0 N–H and O–H groups in total. The molecule has 0 heterocycles. The molecule has 0 amide bonds. The number of hydrogen-bond acceptors (Lipinski definition) is 1. The molecule has 1 heteroatoms. The number of nitrogens with zero attached hydrogens (tertiary/aromatic N) is 1. The summed E-state index contributed by atoms with van der Waals surface area (Å²) in [6.45, 7) is 5.05. The summed E-state index contributed by atoms with van der Waals surface area (Å²) >= 11 is 0. The average Bonchev–Trinajstić information content (AvgIpc) is 2.68. The van der Waals surface area contributed by atoms with Crippen LogP contribution in [0.4, 0.5) is 0 Å². The van der Waals surface area contributed by atoms with Gasteiger partial charge in [0.2, 0.25) is 0 Å². The molecule has 0 aliphatic heterocycles. The number of hydrogen-bond donors (Lipinski definition) is 0. The molecule has 0 aromatic carbocycles. The van der Waals surface area contributed by atoms with Crippen molar-refractivity contribution in [2.45, 2.75) is 141 Å². The number of unbranched alkanes of at least 4 members (excludes halogenated alkanes) is 21. The van der Waals surface area contributed by atoms with E-state index in [1.165, 1.54) is 148 Å². The van der Waals surface area contributed by atoms with E-state index in [1.807, 2.05) is 0 Å². The molecule has 1 nitrogen and oxygen atoms in total. The van der Waals surface area contributed by atoms with Gasteiger partial charge < -0.3 is 4.90 Å². The van der Waals surface area contributed by atoms with Crippen molar-refractivity contribution in [3.8, 4) is 0 Å². The summed E-state index contributed by atoms with van der Waals surface area (Å²) in [7, 11) is 4.35. The molecule has 0 radical (unpaired) electrons. The minimum atomic E-state index is 1.21. The summed E-state index contributed by atoms with van der Waals surface area (Å²) < 4.78 is 0. The highest BCUT2D eigenvalue weighted by Crippen LogP contribution is 2.15. The molecule has 0 aliphatic rings. The van der Waals surface area contributed by atoms with Gasteiger partial charge in [-0.05, 0) is 39.9 Å². The highest BCUT2D eigenvalue weighted by atomic mass is 15.0. The highest BCUT2D eigenvalue weighted by molar-refractivity contribution is 4.65. The minimum absolute atomic E-state index is 1.21. The standard InChI is InChI=1S/C27H55N/c1-4-5-6-7-8-9-10-11-12-13-14-15-16-17-18-19-20-21-22-23-24-25-26-27-28(2)3/h4H,1,5-27H2,2-3H3. The van der Waals surface area contributed by atoms with Crippen LogP contribution in [0.2, 0.25) is 0 Å². The van der Waals surface area contributed by atoms with Crippen LogP contribution in [0.25, 0.3) is 0 Å². The van der Waals surface area contributed by atoms with E-state index in [1.54, 1.807) is 0 Å². The van der Waals surface area contributed by atoms with E-state index in [9.17, 15) is 0 Å². The maximum atomic E-state index is 3.79. The molecule has 0 spiro atoms. The van der Waals surface area contributed by atoms with E-state index in [0.29, 0.717) is 0 Å². The molecular formula is C27H55N. The largest absolute Gasteiger partial charge is 0.309 e. The molecule has 0 aromatic heterocycles. The smallest absolute Gasteiger partial charge is 0.00248 e. The topological polar surface area (TPSA) is 3.24 Å². The highest BCUT2D eigenvalue weighted by Gasteiger charge is 1.96. The lowest BCUT2D eigenvalue weighted by molar-refractivity contribution is 0.389. The Balaban J connectivity index is 2.99. The van der Waals surface area contributed by atoms with Crippen molar-refractivity contribution in [2.75, 3.05) is 20.6 Å². The van der Waals surface area contributed by atoms with Gasteiger partial charge >= 0.3 is 0 Å². The third-order valence-electron chi connectivity index (χ3n) is 6.01. The SMILES string of the molecule is C=CCCCCCCCCCCCCCCCCCCCCCCCN(C)C. The van der Waals surface area contributed by atoms with E-state index in [2.05, 4.69) is 31.7 Å². The third kappa shape index (κ3) is 25.7. The Morgan fingerprint density at radius 2 is 0.679 bits per heavy atom. The first-order valence-electron chi connectivity index (χ1n) is 13.0. The van der Waals surface area contributed by atoms with E-state index in [0.717, 1.165) is 0 Å². The van der Waals surface area contributed by atoms with Gasteiger partial charge in [-0.1, -0.05) is 128 Å². The Morgan fingerprint density at radius 1 is 0.429 bits per heavy atom. The summed E-state index contributed by atoms with van der Waals surface area (Å²) in [6.07, 6.45) is 33.8. The van der Waals surface area contributed by atoms with Crippen LogP contribution in [0.1, 0.15) is 141 Å². The Morgan fingerprint density at radius 3 is 0.929 bits per heavy atom. The monoisotopic (exact) mass is 393 g/mol. The van der Waals surface area contributed by atoms with Crippen LogP contribution < -0.4 is 0 Å². The van der Waals surface area contributed by atoms with Crippen LogP contribution in [-0.4, -0.2) is 25.5 Å². The van der Waals surface area contributed by atoms with Crippen LogP contribution in [0.15, 0.2) is 12.7 Å². The second-order valence-corrected chi connectivity index (χ2v) is 9.31. The lowest BCUT2D eigenvalue weighted by atomic mass is 10.0. The molecular weight excluding hydrogens is 338 g/mol. The fourth-order valence-corrected chi connectivity index (χ4v) is 4.08. The Kier molecular flexibility index (Phi) is 24.5. The first-order valence-corrected chi connectivity index (χ1v) is 13.0. The van der Waals surface area contributed by atoms with Crippen LogP contribution in [0.5, 0.6) is 0 Å². The van der Waals surface area contributed by atoms with Crippen molar-refractivity contribution in [1.29, 1.82) is 0 Å². The predicted molar refractivity (Wildman–Crippen MR) is 130 cm³/mol. The van der Waals surface area contributed by atoms with E-state index in [-0.39, 0.29) is 0 Å². The van der Waals surface area contributed by atoms with Gasteiger partial charge in [-0.15, -0.1) is 6.58 Å². The van der Waals surface area contributed by atoms with E-state index in [4.69, 9.17) is 0 Å². The molecule has 0 aliphatic carbocycles. The minimum Gasteiger partial charge on any atom is -0.309 e. The first-order chi connectivity index (χ1) is 13.8. The van der Waals surface area contributed by atoms with E-state index >= 15 is 0 Å². The maximum Gasteiger partial charge on any atom is -0.00248 e. The number of allylic oxidation sites excluding steroid dienone is 1. The maximum absolute atomic E-state index is 3.79. The van der Waals surface area contributed by atoms with Crippen LogP contribution in [-0.2, 0) is 0 Å². The summed E-state index contributed by atoms with van der Waals surface area (Å²) in [5.41, 5.74) is 0. The van der Waals surface area contributed by atoms with Crippen molar-refractivity contribution in [3.63, 3.8) is 0 Å². The second-order valence-electron chi connectivity index (χ2n) is 9.31. The summed E-state index contributed by atoms with van der Waals surface area (Å²) in [6, 6.07) is 0. The lowest BCUT2D eigenvalue weighted by Gasteiger charge is -2.08. The molecule has 0 fully saturated rings. The number of rotatable bonds is 24. The Bertz CT molecular complexity index is 284. The fraction of sp³-hybridized carbons (Fsp3) is 0.926. The van der Waals surface area contributed by atoms with Gasteiger partial charge in [0.15, 0.2) is 0 Å². The zero-order chi connectivity index (χ0) is 20.5. The molecule has 0 bridgehead atoms. The molecule has 0 atom stereocenters. The van der Waals surface area contributed by atoms with Crippen molar-refractivity contribution in [3.05, 3.63) is 12.7 Å². The summed E-state index contributed by atoms with van der Waals surface area (Å²) in [5.74, 6) is 0. The van der Waals surface area contributed by atoms with Gasteiger partial charge in [-0.2, -0.15) is 0 Å². The van der Waals surface area contributed by atoms with Gasteiger partial charge in [0.25, 0.3) is 0 Å². The van der Waals surface area contributed by atoms with Gasteiger partial charge in [-0.25, -0.2) is 0 Å². The van der Waals surface area contributed by atoms with Gasteiger partial charge in [0.1, 0.15) is 0 Å². The Hall–Kier alpha value is -0.300. The molecule has 28 heavy (non-hydrogen) atoms. The van der Waals surface area contributed by atoms with Crippen LogP contribution in [0, 0.1) is 0 Å². The van der Waals surface area contributed by atoms with Gasteiger partial charge in [0, 0.05) is 0 Å². The Labute approximate surface area is 179 Å². The summed E-state index contributed by atoms with van der Waals surface area (Å²) in [4.78, 5) is 2.30. The predicted octanol–water partition coefficient (Wildman–Crippen LogP) is 9.32. The van der Waals surface area contributed by atoms with Crippen molar-refractivity contribution in [1.82, 2.24) is 4.90 Å². The second kappa shape index (κ2) is 24.7. The summed E-state index contributed by atoms with van der Waals surface area (Å²) in [5, 5.41) is 0. The van der Waals surface area contributed by atoms with Crippen LogP contribution >= 0.6 is 0 Å². The fourth-order valence-electron chi connectivity index (χ4n) is 4.08. The van der Waals surface area contributed by atoms with Crippen molar-refractivity contribution < 1.29 is 0 Å². The molecule has 0 saturated heterocycles. The molecule has 0 rings (SSSR count). The molecule has 0 aromatic rings.